The molecule has 98 valence electrons. The van der Waals surface area contributed by atoms with Gasteiger partial charge in [-0.3, -0.25) is 0 Å². The fraction of sp³-hybridized carbons (Fsp3) is 0.917. The summed E-state index contributed by atoms with van der Waals surface area (Å²) in [7, 11) is 0. The Morgan fingerprint density at radius 1 is 1.18 bits per heavy atom. The number of nitrogens with zero attached hydrogens (tertiary/aromatic N) is 4. The van der Waals surface area contributed by atoms with Crippen LogP contribution in [0.15, 0.2) is 0 Å². The van der Waals surface area contributed by atoms with E-state index in [1.165, 1.54) is 0 Å². The summed E-state index contributed by atoms with van der Waals surface area (Å²) < 4.78 is 1.95. The maximum atomic E-state index is 4.14. The lowest BCUT2D eigenvalue weighted by Gasteiger charge is -2.32. The first kappa shape index (κ1) is 14.1. The smallest absolute Gasteiger partial charge is 0.165 e. The topological polar surface area (TPSA) is 55.6 Å². The van der Waals surface area contributed by atoms with Crippen LogP contribution in [-0.2, 0) is 12.1 Å². The monoisotopic (exact) mass is 239 g/mol. The number of rotatable bonds is 5. The van der Waals surface area contributed by atoms with Gasteiger partial charge in [0.15, 0.2) is 5.82 Å². The third-order valence-corrected chi connectivity index (χ3v) is 2.60. The van der Waals surface area contributed by atoms with Gasteiger partial charge in [-0.15, -0.1) is 5.10 Å². The molecule has 0 radical (unpaired) electrons. The van der Waals surface area contributed by atoms with Gasteiger partial charge in [0, 0.05) is 0 Å². The zero-order valence-electron chi connectivity index (χ0n) is 11.9. The molecule has 1 aromatic heterocycles. The standard InChI is InChI=1S/C12H25N5/c1-7-13-8-10-14-15-16-17(10)12(5,6)9-11(2,3)4/h13H,7-9H2,1-6H3. The lowest BCUT2D eigenvalue weighted by Crippen LogP contribution is -2.35. The normalized spacial score (nSPS) is 13.1. The third-order valence-electron chi connectivity index (χ3n) is 2.60. The Kier molecular flexibility index (Phi) is 4.25. The van der Waals surface area contributed by atoms with Crippen LogP contribution >= 0.6 is 0 Å². The van der Waals surface area contributed by atoms with Gasteiger partial charge in [-0.25, -0.2) is 4.68 Å². The second-order valence-corrected chi connectivity index (χ2v) is 6.34. The summed E-state index contributed by atoms with van der Waals surface area (Å²) in [6.45, 7) is 14.8. The van der Waals surface area contributed by atoms with Gasteiger partial charge < -0.3 is 5.32 Å². The molecule has 0 fully saturated rings. The minimum Gasteiger partial charge on any atom is -0.310 e. The lowest BCUT2D eigenvalue weighted by molar-refractivity contribution is 0.190. The molecule has 5 nitrogen and oxygen atoms in total. The van der Waals surface area contributed by atoms with Gasteiger partial charge in [-0.1, -0.05) is 27.7 Å². The van der Waals surface area contributed by atoms with Gasteiger partial charge in [0.25, 0.3) is 0 Å². The first-order chi connectivity index (χ1) is 7.76. The van der Waals surface area contributed by atoms with Crippen molar-refractivity contribution in [1.82, 2.24) is 25.5 Å². The van der Waals surface area contributed by atoms with Gasteiger partial charge in [0.05, 0.1) is 12.1 Å². The molecule has 0 aliphatic carbocycles. The first-order valence-corrected chi connectivity index (χ1v) is 6.25. The van der Waals surface area contributed by atoms with E-state index in [-0.39, 0.29) is 11.0 Å². The van der Waals surface area contributed by atoms with Gasteiger partial charge in [-0.05, 0) is 42.7 Å². The molecular weight excluding hydrogens is 214 g/mol. The summed E-state index contributed by atoms with van der Waals surface area (Å²) in [4.78, 5) is 0. The molecule has 5 heteroatoms. The van der Waals surface area contributed by atoms with Crippen molar-refractivity contribution in [2.45, 2.75) is 60.0 Å². The van der Waals surface area contributed by atoms with E-state index < -0.39 is 0 Å². The van der Waals surface area contributed by atoms with Crippen LogP contribution in [0, 0.1) is 5.41 Å². The molecule has 1 rings (SSSR count). The van der Waals surface area contributed by atoms with Gasteiger partial charge in [-0.2, -0.15) is 0 Å². The average Bonchev–Trinajstić information content (AvgIpc) is 2.59. The van der Waals surface area contributed by atoms with Crippen molar-refractivity contribution in [2.75, 3.05) is 6.54 Å². The molecule has 1 aromatic rings. The predicted molar refractivity (Wildman–Crippen MR) is 68.6 cm³/mol. The minimum absolute atomic E-state index is 0.0630. The SMILES string of the molecule is CCNCc1nnnn1C(C)(C)CC(C)(C)C. The van der Waals surface area contributed by atoms with Crippen molar-refractivity contribution in [1.29, 1.82) is 0 Å². The molecule has 0 saturated carbocycles. The van der Waals surface area contributed by atoms with Crippen LogP contribution in [0.4, 0.5) is 0 Å². The van der Waals surface area contributed by atoms with Crippen molar-refractivity contribution in [3.63, 3.8) is 0 Å². The molecular formula is C12H25N5. The molecule has 0 aromatic carbocycles. The third kappa shape index (κ3) is 4.07. The number of hydrogen-bond acceptors (Lipinski definition) is 4. The van der Waals surface area contributed by atoms with Crippen LogP contribution in [0.1, 0.15) is 53.8 Å². The van der Waals surface area contributed by atoms with E-state index in [1.807, 2.05) is 4.68 Å². The van der Waals surface area contributed by atoms with Crippen molar-refractivity contribution in [2.24, 2.45) is 5.41 Å². The second-order valence-electron chi connectivity index (χ2n) is 6.34. The first-order valence-electron chi connectivity index (χ1n) is 6.25. The molecule has 0 saturated heterocycles. The van der Waals surface area contributed by atoms with Crippen LogP contribution in [0.5, 0.6) is 0 Å². The van der Waals surface area contributed by atoms with Crippen LogP contribution < -0.4 is 5.32 Å². The summed E-state index contributed by atoms with van der Waals surface area (Å²) in [6.07, 6.45) is 1.03. The van der Waals surface area contributed by atoms with Crippen molar-refractivity contribution >= 4 is 0 Å². The molecule has 0 spiro atoms. The van der Waals surface area contributed by atoms with E-state index in [0.29, 0.717) is 0 Å². The highest BCUT2D eigenvalue weighted by Gasteiger charge is 2.30. The minimum atomic E-state index is -0.0630. The zero-order valence-corrected chi connectivity index (χ0v) is 11.9. The average molecular weight is 239 g/mol. The Morgan fingerprint density at radius 2 is 1.82 bits per heavy atom. The highest BCUT2D eigenvalue weighted by Crippen LogP contribution is 2.31. The quantitative estimate of drug-likeness (QED) is 0.853. The number of aromatic nitrogens is 4. The molecule has 0 unspecified atom stereocenters. The zero-order chi connectivity index (χ0) is 13.1. The Bertz CT molecular complexity index is 348. The summed E-state index contributed by atoms with van der Waals surface area (Å²) >= 11 is 0. The van der Waals surface area contributed by atoms with Crippen molar-refractivity contribution in [3.8, 4) is 0 Å². The molecule has 0 atom stereocenters. The summed E-state index contributed by atoms with van der Waals surface area (Å²) in [5.41, 5.74) is 0.192. The number of nitrogens with one attached hydrogen (secondary N) is 1. The molecule has 0 bridgehead atoms. The van der Waals surface area contributed by atoms with Gasteiger partial charge in [0.2, 0.25) is 0 Å². The molecule has 17 heavy (non-hydrogen) atoms. The molecule has 0 aliphatic rings. The molecule has 0 aliphatic heterocycles. The summed E-state index contributed by atoms with van der Waals surface area (Å²) in [5, 5.41) is 15.3. The van der Waals surface area contributed by atoms with E-state index in [0.717, 1.165) is 25.3 Å². The molecule has 0 amide bonds. The van der Waals surface area contributed by atoms with Crippen LogP contribution in [0.25, 0.3) is 0 Å². The predicted octanol–water partition coefficient (Wildman–Crippen LogP) is 1.95. The van der Waals surface area contributed by atoms with Crippen molar-refractivity contribution in [3.05, 3.63) is 5.82 Å². The van der Waals surface area contributed by atoms with E-state index in [4.69, 9.17) is 0 Å². The number of tetrazole rings is 1. The van der Waals surface area contributed by atoms with Crippen LogP contribution in [0.3, 0.4) is 0 Å². The molecule has 1 heterocycles. The highest BCUT2D eigenvalue weighted by atomic mass is 15.6. The van der Waals surface area contributed by atoms with E-state index in [2.05, 4.69) is 62.4 Å². The Hall–Kier alpha value is -0.970. The van der Waals surface area contributed by atoms with Crippen molar-refractivity contribution < 1.29 is 0 Å². The largest absolute Gasteiger partial charge is 0.310 e. The summed E-state index contributed by atoms with van der Waals surface area (Å²) in [5.74, 6) is 0.904. The maximum absolute atomic E-state index is 4.14. The fourth-order valence-electron chi connectivity index (χ4n) is 2.40. The highest BCUT2D eigenvalue weighted by molar-refractivity contribution is 4.90. The second kappa shape index (κ2) is 5.12. The Balaban J connectivity index is 2.86. The number of hydrogen-bond donors (Lipinski definition) is 1. The lowest BCUT2D eigenvalue weighted by atomic mass is 9.82. The van der Waals surface area contributed by atoms with E-state index in [9.17, 15) is 0 Å². The fourth-order valence-corrected chi connectivity index (χ4v) is 2.40. The van der Waals surface area contributed by atoms with E-state index >= 15 is 0 Å². The van der Waals surface area contributed by atoms with Crippen LogP contribution in [-0.4, -0.2) is 26.8 Å². The maximum Gasteiger partial charge on any atom is 0.165 e. The van der Waals surface area contributed by atoms with Gasteiger partial charge in [0.1, 0.15) is 0 Å². The summed E-state index contributed by atoms with van der Waals surface area (Å²) in [6, 6.07) is 0. The Morgan fingerprint density at radius 3 is 2.35 bits per heavy atom. The Labute approximate surface area is 104 Å². The van der Waals surface area contributed by atoms with Gasteiger partial charge >= 0.3 is 0 Å². The van der Waals surface area contributed by atoms with E-state index in [1.54, 1.807) is 0 Å². The molecule has 1 N–H and O–H groups in total. The van der Waals surface area contributed by atoms with Crippen LogP contribution in [0.2, 0.25) is 0 Å².